The van der Waals surface area contributed by atoms with Crippen LogP contribution in [0.25, 0.3) is 0 Å². The van der Waals surface area contributed by atoms with E-state index < -0.39 is 11.6 Å². The number of nitrogens with one attached hydrogen (secondary N) is 1. The number of carbonyl (C=O) groups is 1. The van der Waals surface area contributed by atoms with Crippen molar-refractivity contribution in [3.05, 3.63) is 52.6 Å². The molecule has 0 aromatic heterocycles. The van der Waals surface area contributed by atoms with Gasteiger partial charge in [-0.15, -0.1) is 0 Å². The molecule has 0 aliphatic carbocycles. The number of fused-ring (bicyclic) bond motifs is 2. The maximum absolute atomic E-state index is 13.3. The summed E-state index contributed by atoms with van der Waals surface area (Å²) in [5.41, 5.74) is 3.10. The Balaban J connectivity index is 1.59. The van der Waals surface area contributed by atoms with E-state index in [1.807, 2.05) is 6.07 Å². The Morgan fingerprint density at radius 3 is 2.75 bits per heavy atom. The zero-order valence-electron chi connectivity index (χ0n) is 12.8. The lowest BCUT2D eigenvalue weighted by atomic mass is 9.97. The number of carbonyl (C=O) groups excluding carboxylic acids is 1. The molecule has 0 saturated carbocycles. The smallest absolute Gasteiger partial charge is 0.228 e. The van der Waals surface area contributed by atoms with Crippen LogP contribution in [0.15, 0.2) is 24.3 Å². The van der Waals surface area contributed by atoms with E-state index in [2.05, 4.69) is 5.32 Å². The van der Waals surface area contributed by atoms with Gasteiger partial charge in [0.1, 0.15) is 11.5 Å². The highest BCUT2D eigenvalue weighted by Crippen LogP contribution is 2.40. The number of ether oxygens (including phenoxy) is 2. The van der Waals surface area contributed by atoms with E-state index in [0.717, 1.165) is 53.2 Å². The van der Waals surface area contributed by atoms with Crippen molar-refractivity contribution in [3.63, 3.8) is 0 Å². The number of hydrogen-bond acceptors (Lipinski definition) is 3. The molecule has 24 heavy (non-hydrogen) atoms. The minimum absolute atomic E-state index is 0.105. The van der Waals surface area contributed by atoms with E-state index in [9.17, 15) is 13.6 Å². The van der Waals surface area contributed by atoms with Crippen LogP contribution in [0.4, 0.5) is 14.5 Å². The van der Waals surface area contributed by atoms with Crippen LogP contribution in [0.2, 0.25) is 0 Å². The molecule has 0 fully saturated rings. The molecule has 1 N–H and O–H groups in total. The van der Waals surface area contributed by atoms with Crippen molar-refractivity contribution in [2.24, 2.45) is 0 Å². The second kappa shape index (κ2) is 5.78. The highest BCUT2D eigenvalue weighted by molar-refractivity contribution is 5.93. The number of anilines is 1. The number of benzene rings is 2. The van der Waals surface area contributed by atoms with Crippen molar-refractivity contribution >= 4 is 11.6 Å². The quantitative estimate of drug-likeness (QED) is 0.940. The number of rotatable bonds is 3. The van der Waals surface area contributed by atoms with Gasteiger partial charge < -0.3 is 14.8 Å². The molecule has 1 amide bonds. The standard InChI is InChI=1S/C18H15F2NO3/c19-14-2-1-11(8-15(14)20)21-17(22)9-13-12-4-6-23-16(12)7-10-3-5-24-18(10)13/h1-2,7-8H,3-6,9H2,(H,21,22). The number of halogens is 2. The fraction of sp³-hybridized carbons (Fsp3) is 0.278. The van der Waals surface area contributed by atoms with Crippen LogP contribution in [-0.2, 0) is 24.1 Å². The third-order valence-electron chi connectivity index (χ3n) is 4.30. The Kier molecular flexibility index (Phi) is 3.59. The molecule has 0 saturated heterocycles. The van der Waals surface area contributed by atoms with Gasteiger partial charge in [-0.1, -0.05) is 0 Å². The Morgan fingerprint density at radius 1 is 1.08 bits per heavy atom. The van der Waals surface area contributed by atoms with E-state index in [0.29, 0.717) is 13.2 Å². The minimum atomic E-state index is -0.994. The maximum Gasteiger partial charge on any atom is 0.228 e. The van der Waals surface area contributed by atoms with E-state index in [1.54, 1.807) is 0 Å². The molecule has 0 bridgehead atoms. The van der Waals surface area contributed by atoms with Crippen LogP contribution in [0.5, 0.6) is 11.5 Å². The van der Waals surface area contributed by atoms with Crippen molar-refractivity contribution < 1.29 is 23.0 Å². The molecule has 4 nitrogen and oxygen atoms in total. The van der Waals surface area contributed by atoms with Gasteiger partial charge in [0.25, 0.3) is 0 Å². The van der Waals surface area contributed by atoms with Gasteiger partial charge in [-0.05, 0) is 18.2 Å². The summed E-state index contributed by atoms with van der Waals surface area (Å²) >= 11 is 0. The van der Waals surface area contributed by atoms with Crippen molar-refractivity contribution in [3.8, 4) is 11.5 Å². The van der Waals surface area contributed by atoms with Crippen LogP contribution in [0.3, 0.4) is 0 Å². The van der Waals surface area contributed by atoms with Gasteiger partial charge in [-0.25, -0.2) is 8.78 Å². The molecule has 0 radical (unpaired) electrons. The summed E-state index contributed by atoms with van der Waals surface area (Å²) in [5.74, 6) is -0.670. The minimum Gasteiger partial charge on any atom is -0.493 e. The zero-order chi connectivity index (χ0) is 16.7. The van der Waals surface area contributed by atoms with Gasteiger partial charge in [0, 0.05) is 41.3 Å². The lowest BCUT2D eigenvalue weighted by Crippen LogP contribution is -2.16. The maximum atomic E-state index is 13.3. The summed E-state index contributed by atoms with van der Waals surface area (Å²) in [4.78, 5) is 12.4. The van der Waals surface area contributed by atoms with Crippen LogP contribution in [0, 0.1) is 11.6 Å². The Labute approximate surface area is 137 Å². The fourth-order valence-electron chi connectivity index (χ4n) is 3.21. The molecular formula is C18H15F2NO3. The molecular weight excluding hydrogens is 316 g/mol. The molecule has 2 aliphatic heterocycles. The van der Waals surface area contributed by atoms with E-state index >= 15 is 0 Å². The first-order valence-corrected chi connectivity index (χ1v) is 7.80. The average molecular weight is 331 g/mol. The summed E-state index contributed by atoms with van der Waals surface area (Å²) in [6.45, 7) is 1.19. The van der Waals surface area contributed by atoms with Gasteiger partial charge in [0.15, 0.2) is 11.6 Å². The summed E-state index contributed by atoms with van der Waals surface area (Å²) in [6, 6.07) is 5.27. The lowest BCUT2D eigenvalue weighted by molar-refractivity contribution is -0.115. The molecule has 0 spiro atoms. The first-order valence-electron chi connectivity index (χ1n) is 7.80. The highest BCUT2D eigenvalue weighted by Gasteiger charge is 2.27. The SMILES string of the molecule is O=C(Cc1c2c(cc3c1OCC3)OCC2)Nc1ccc(F)c(F)c1. The van der Waals surface area contributed by atoms with Gasteiger partial charge in [0.05, 0.1) is 19.6 Å². The monoisotopic (exact) mass is 331 g/mol. The van der Waals surface area contributed by atoms with Crippen LogP contribution in [-0.4, -0.2) is 19.1 Å². The average Bonchev–Trinajstić information content (AvgIpc) is 3.19. The van der Waals surface area contributed by atoms with Crippen LogP contribution in [0.1, 0.15) is 16.7 Å². The predicted molar refractivity (Wildman–Crippen MR) is 83.5 cm³/mol. The molecule has 2 heterocycles. The number of amides is 1. The molecule has 124 valence electrons. The summed E-state index contributed by atoms with van der Waals surface area (Å²) in [5, 5.41) is 2.60. The first kappa shape index (κ1) is 14.9. The van der Waals surface area contributed by atoms with Crippen molar-refractivity contribution in [2.45, 2.75) is 19.3 Å². The van der Waals surface area contributed by atoms with Gasteiger partial charge in [-0.3, -0.25) is 4.79 Å². The third-order valence-corrected chi connectivity index (χ3v) is 4.30. The van der Waals surface area contributed by atoms with E-state index in [1.165, 1.54) is 6.07 Å². The Morgan fingerprint density at radius 2 is 1.92 bits per heavy atom. The van der Waals surface area contributed by atoms with Crippen molar-refractivity contribution in [1.82, 2.24) is 0 Å². The molecule has 4 rings (SSSR count). The van der Waals surface area contributed by atoms with E-state index in [4.69, 9.17) is 9.47 Å². The largest absolute Gasteiger partial charge is 0.493 e. The van der Waals surface area contributed by atoms with Gasteiger partial charge >= 0.3 is 0 Å². The number of hydrogen-bond donors (Lipinski definition) is 1. The van der Waals surface area contributed by atoms with Crippen molar-refractivity contribution in [2.75, 3.05) is 18.5 Å². The fourth-order valence-corrected chi connectivity index (χ4v) is 3.21. The molecule has 2 aromatic carbocycles. The second-order valence-corrected chi connectivity index (χ2v) is 5.87. The molecule has 6 heteroatoms. The summed E-state index contributed by atoms with van der Waals surface area (Å²) < 4.78 is 37.5. The normalized spacial score (nSPS) is 14.6. The summed E-state index contributed by atoms with van der Waals surface area (Å²) in [7, 11) is 0. The second-order valence-electron chi connectivity index (χ2n) is 5.87. The topological polar surface area (TPSA) is 47.6 Å². The van der Waals surface area contributed by atoms with Crippen LogP contribution < -0.4 is 14.8 Å². The predicted octanol–water partition coefficient (Wildman–Crippen LogP) is 3.02. The Bertz CT molecular complexity index is 803. The highest BCUT2D eigenvalue weighted by atomic mass is 19.2. The Hall–Kier alpha value is -2.63. The lowest BCUT2D eigenvalue weighted by Gasteiger charge is -2.13. The van der Waals surface area contributed by atoms with Gasteiger partial charge in [0.2, 0.25) is 5.91 Å². The van der Waals surface area contributed by atoms with Gasteiger partial charge in [-0.2, -0.15) is 0 Å². The van der Waals surface area contributed by atoms with Crippen LogP contribution >= 0.6 is 0 Å². The first-order chi connectivity index (χ1) is 11.6. The zero-order valence-corrected chi connectivity index (χ0v) is 12.8. The molecule has 2 aliphatic rings. The molecule has 2 aromatic rings. The molecule has 0 atom stereocenters. The van der Waals surface area contributed by atoms with E-state index in [-0.39, 0.29) is 18.0 Å². The molecule has 0 unspecified atom stereocenters. The third kappa shape index (κ3) is 2.58. The van der Waals surface area contributed by atoms with Crippen molar-refractivity contribution in [1.29, 1.82) is 0 Å². The summed E-state index contributed by atoms with van der Waals surface area (Å²) in [6.07, 6.45) is 1.64.